The van der Waals surface area contributed by atoms with E-state index in [9.17, 15) is 24.0 Å². The lowest BCUT2D eigenvalue weighted by molar-refractivity contribution is -0.155. The van der Waals surface area contributed by atoms with Crippen LogP contribution in [0.1, 0.15) is 120 Å². The molecular formula is C29H50O8. The number of hydrogen-bond donors (Lipinski definition) is 1. The lowest BCUT2D eigenvalue weighted by Gasteiger charge is -2.30. The van der Waals surface area contributed by atoms with Gasteiger partial charge in [0.2, 0.25) is 0 Å². The molecule has 0 aromatic carbocycles. The van der Waals surface area contributed by atoms with E-state index in [4.69, 9.17) is 5.11 Å². The Kier molecular flexibility index (Phi) is 16.2. The first-order valence-corrected chi connectivity index (χ1v) is 13.9. The van der Waals surface area contributed by atoms with E-state index in [1.54, 1.807) is 6.92 Å². The van der Waals surface area contributed by atoms with Gasteiger partial charge in [-0.1, -0.05) is 87.5 Å². The third-order valence-electron chi connectivity index (χ3n) is 7.40. The third kappa shape index (κ3) is 13.2. The molecule has 1 N–H and O–H groups in total. The molecule has 0 aliphatic carbocycles. The fourth-order valence-electron chi connectivity index (χ4n) is 4.54. The number of carbonyl (C=O) groups excluding carboxylic acids is 4. The van der Waals surface area contributed by atoms with Crippen molar-refractivity contribution in [1.82, 2.24) is 0 Å². The molecule has 37 heavy (non-hydrogen) atoms. The molecular weight excluding hydrogens is 476 g/mol. The normalized spacial score (nSPS) is 21.6. The summed E-state index contributed by atoms with van der Waals surface area (Å²) in [4.78, 5) is 54.6. The fourth-order valence-corrected chi connectivity index (χ4v) is 4.54. The van der Waals surface area contributed by atoms with E-state index in [0.717, 1.165) is 51.4 Å². The van der Waals surface area contributed by atoms with Gasteiger partial charge in [-0.2, -0.15) is 0 Å². The number of esters is 4. The van der Waals surface area contributed by atoms with Crippen molar-refractivity contribution in [2.75, 3.05) is 0 Å². The van der Waals surface area contributed by atoms with Crippen LogP contribution in [0.5, 0.6) is 0 Å². The van der Waals surface area contributed by atoms with Crippen molar-refractivity contribution in [3.8, 4) is 0 Å². The van der Waals surface area contributed by atoms with Gasteiger partial charge < -0.3 is 14.6 Å². The highest BCUT2D eigenvalue weighted by Crippen LogP contribution is 2.40. The van der Waals surface area contributed by atoms with Crippen molar-refractivity contribution in [2.45, 2.75) is 120 Å². The number of ether oxygens (including phenoxy) is 2. The SMILES string of the molecule is CCC(C)CC(C)(C)C1CC(=O)OC1=O.CCCCC(C)C(=O)O.CCCCC(C)C1CC(=O)OC1=O. The van der Waals surface area contributed by atoms with Gasteiger partial charge >= 0.3 is 29.8 Å². The number of aliphatic carboxylic acids is 1. The average molecular weight is 527 g/mol. The molecule has 0 aromatic heterocycles. The van der Waals surface area contributed by atoms with Gasteiger partial charge in [0, 0.05) is 0 Å². The van der Waals surface area contributed by atoms with Crippen molar-refractivity contribution >= 4 is 29.8 Å². The Bertz CT molecular complexity index is 757. The van der Waals surface area contributed by atoms with Gasteiger partial charge in [-0.15, -0.1) is 0 Å². The van der Waals surface area contributed by atoms with Gasteiger partial charge in [0.15, 0.2) is 0 Å². The minimum Gasteiger partial charge on any atom is -0.481 e. The van der Waals surface area contributed by atoms with Gasteiger partial charge in [-0.25, -0.2) is 0 Å². The second-order valence-electron chi connectivity index (χ2n) is 11.4. The topological polar surface area (TPSA) is 124 Å². The highest BCUT2D eigenvalue weighted by molar-refractivity contribution is 5.95. The zero-order chi connectivity index (χ0) is 28.8. The Morgan fingerprint density at radius 1 is 0.892 bits per heavy atom. The third-order valence-corrected chi connectivity index (χ3v) is 7.40. The molecule has 0 aromatic rings. The van der Waals surface area contributed by atoms with Crippen molar-refractivity contribution in [1.29, 1.82) is 0 Å². The van der Waals surface area contributed by atoms with Crippen LogP contribution in [0.15, 0.2) is 0 Å². The number of carbonyl (C=O) groups is 5. The number of carboxylic acid groups (broad SMARTS) is 1. The van der Waals surface area contributed by atoms with Crippen LogP contribution in [0.25, 0.3) is 0 Å². The maximum Gasteiger partial charge on any atom is 0.317 e. The van der Waals surface area contributed by atoms with E-state index < -0.39 is 5.97 Å². The van der Waals surface area contributed by atoms with E-state index in [1.807, 2.05) is 20.8 Å². The summed E-state index contributed by atoms with van der Waals surface area (Å²) in [5.74, 6) is -1.82. The summed E-state index contributed by atoms with van der Waals surface area (Å²) in [5, 5.41) is 8.41. The predicted octanol–water partition coefficient (Wildman–Crippen LogP) is 6.34. The maximum absolute atomic E-state index is 11.5. The molecule has 8 nitrogen and oxygen atoms in total. The van der Waals surface area contributed by atoms with Crippen LogP contribution < -0.4 is 0 Å². The molecule has 2 heterocycles. The van der Waals surface area contributed by atoms with Gasteiger partial charge in [-0.3, -0.25) is 24.0 Å². The Morgan fingerprint density at radius 3 is 1.81 bits per heavy atom. The minimum atomic E-state index is -0.677. The number of hydrogen-bond acceptors (Lipinski definition) is 7. The lowest BCUT2D eigenvalue weighted by atomic mass is 9.72. The summed E-state index contributed by atoms with van der Waals surface area (Å²) in [6, 6.07) is 0. The largest absolute Gasteiger partial charge is 0.481 e. The summed E-state index contributed by atoms with van der Waals surface area (Å²) in [6.45, 7) is 16.3. The van der Waals surface area contributed by atoms with E-state index >= 15 is 0 Å². The first kappa shape index (κ1) is 34.8. The smallest absolute Gasteiger partial charge is 0.317 e. The summed E-state index contributed by atoms with van der Waals surface area (Å²) in [6.07, 6.45) is 8.74. The van der Waals surface area contributed by atoms with Crippen molar-refractivity contribution in [3.05, 3.63) is 0 Å². The summed E-state index contributed by atoms with van der Waals surface area (Å²) in [5.41, 5.74) is -0.140. The standard InChI is InChI=1S/C12H20O3.C10H16O3.C7H14O2/c1-5-8(2)7-12(3,4)9-6-10(13)15-11(9)14;1-3-4-5-7(2)8-6-9(11)13-10(8)12;1-3-4-5-6(2)7(8)9/h8-9H,5-7H2,1-4H3;7-8H,3-6H2,1-2H3;6H,3-5H2,1-2H3,(H,8,9). The highest BCUT2D eigenvalue weighted by atomic mass is 16.6. The molecule has 2 fully saturated rings. The molecule has 8 heteroatoms. The molecule has 0 radical (unpaired) electrons. The molecule has 0 amide bonds. The van der Waals surface area contributed by atoms with Crippen LogP contribution in [-0.2, 0) is 33.4 Å². The predicted molar refractivity (Wildman–Crippen MR) is 141 cm³/mol. The lowest BCUT2D eigenvalue weighted by Crippen LogP contribution is -2.29. The molecule has 2 aliphatic heterocycles. The van der Waals surface area contributed by atoms with Gasteiger partial charge in [0.25, 0.3) is 0 Å². The molecule has 0 saturated carbocycles. The van der Waals surface area contributed by atoms with E-state index in [1.165, 1.54) is 0 Å². The van der Waals surface area contributed by atoms with Crippen LogP contribution in [-0.4, -0.2) is 35.0 Å². The second-order valence-corrected chi connectivity index (χ2v) is 11.4. The zero-order valence-electron chi connectivity index (χ0n) is 24.3. The molecule has 2 aliphatic rings. The van der Waals surface area contributed by atoms with Gasteiger partial charge in [0.1, 0.15) is 0 Å². The van der Waals surface area contributed by atoms with Crippen LogP contribution in [0.4, 0.5) is 0 Å². The number of unbranched alkanes of at least 4 members (excludes halogenated alkanes) is 2. The first-order valence-electron chi connectivity index (χ1n) is 13.9. The Morgan fingerprint density at radius 2 is 1.41 bits per heavy atom. The molecule has 2 saturated heterocycles. The minimum absolute atomic E-state index is 0.140. The molecule has 5 atom stereocenters. The Balaban J connectivity index is 0.000000543. The second kappa shape index (κ2) is 17.3. The maximum atomic E-state index is 11.5. The zero-order valence-corrected chi connectivity index (χ0v) is 24.3. The quantitative estimate of drug-likeness (QED) is 0.231. The molecule has 5 unspecified atom stereocenters. The number of cyclic esters (lactones) is 4. The van der Waals surface area contributed by atoms with Crippen molar-refractivity contribution < 1.29 is 38.6 Å². The van der Waals surface area contributed by atoms with E-state index in [0.29, 0.717) is 5.92 Å². The monoisotopic (exact) mass is 526 g/mol. The average Bonchev–Trinajstić information content (AvgIpc) is 3.35. The van der Waals surface area contributed by atoms with Gasteiger partial charge in [0.05, 0.1) is 30.6 Å². The van der Waals surface area contributed by atoms with Crippen LogP contribution in [0.2, 0.25) is 0 Å². The van der Waals surface area contributed by atoms with Crippen LogP contribution in [0.3, 0.4) is 0 Å². The van der Waals surface area contributed by atoms with E-state index in [-0.39, 0.29) is 65.8 Å². The summed E-state index contributed by atoms with van der Waals surface area (Å²) >= 11 is 0. The highest BCUT2D eigenvalue weighted by Gasteiger charge is 2.44. The van der Waals surface area contributed by atoms with Crippen LogP contribution in [0, 0.1) is 35.0 Å². The molecule has 2 rings (SSSR count). The van der Waals surface area contributed by atoms with E-state index in [2.05, 4.69) is 37.2 Å². The summed E-state index contributed by atoms with van der Waals surface area (Å²) < 4.78 is 9.09. The Hall–Kier alpha value is -2.25. The van der Waals surface area contributed by atoms with Crippen molar-refractivity contribution in [3.63, 3.8) is 0 Å². The molecule has 0 spiro atoms. The number of carboxylic acids is 1. The molecule has 0 bridgehead atoms. The fraction of sp³-hybridized carbons (Fsp3) is 0.828. The Labute approximate surface area is 223 Å². The summed E-state index contributed by atoms with van der Waals surface area (Å²) in [7, 11) is 0. The number of rotatable bonds is 12. The van der Waals surface area contributed by atoms with Gasteiger partial charge in [-0.05, 0) is 36.5 Å². The van der Waals surface area contributed by atoms with Crippen molar-refractivity contribution in [2.24, 2.45) is 35.0 Å². The van der Waals surface area contributed by atoms with Crippen LogP contribution >= 0.6 is 0 Å². The first-order chi connectivity index (χ1) is 17.2. The molecule has 214 valence electrons.